The molecule has 2 heterocycles. The van der Waals surface area contributed by atoms with E-state index < -0.39 is 41.8 Å². The second-order valence-electron chi connectivity index (χ2n) is 5.11. The van der Waals surface area contributed by atoms with E-state index in [4.69, 9.17) is 19.9 Å². The van der Waals surface area contributed by atoms with Gasteiger partial charge in [0.05, 0.1) is 5.69 Å². The van der Waals surface area contributed by atoms with Crippen LogP contribution in [-0.4, -0.2) is 35.3 Å². The van der Waals surface area contributed by atoms with Crippen LogP contribution < -0.4 is 11.3 Å². The normalized spacial score (nSPS) is 23.5. The number of anilines is 1. The summed E-state index contributed by atoms with van der Waals surface area (Å²) in [7, 11) is 0. The molecule has 1 saturated heterocycles. The molecule has 0 aromatic carbocycles. The van der Waals surface area contributed by atoms with Crippen molar-refractivity contribution in [2.75, 3.05) is 12.3 Å². The molecule has 0 aliphatic carbocycles. The number of rotatable bonds is 4. The number of aromatic nitrogens is 1. The average Bonchev–Trinajstić information content (AvgIpc) is 2.84. The molecular formula is C14H17FN2O6. The summed E-state index contributed by atoms with van der Waals surface area (Å²) in [5, 5.41) is 0. The molecule has 0 radical (unpaired) electrons. The van der Waals surface area contributed by atoms with Crippen molar-refractivity contribution in [2.45, 2.75) is 38.7 Å². The van der Waals surface area contributed by atoms with Gasteiger partial charge in [-0.15, -0.1) is 0 Å². The first-order chi connectivity index (χ1) is 10.8. The lowest BCUT2D eigenvalue weighted by Gasteiger charge is -2.17. The minimum atomic E-state index is -1.08. The summed E-state index contributed by atoms with van der Waals surface area (Å²) in [6.45, 7) is 2.31. The van der Waals surface area contributed by atoms with Crippen LogP contribution in [0.2, 0.25) is 0 Å². The molecule has 1 aromatic heterocycles. The fourth-order valence-electron chi connectivity index (χ4n) is 2.32. The summed E-state index contributed by atoms with van der Waals surface area (Å²) in [5.41, 5.74) is 4.13. The molecule has 3 atom stereocenters. The summed E-state index contributed by atoms with van der Waals surface area (Å²) >= 11 is 0. The largest absolute Gasteiger partial charge is 0.463 e. The van der Waals surface area contributed by atoms with Gasteiger partial charge in [-0.1, -0.05) is 0 Å². The Labute approximate surface area is 130 Å². The van der Waals surface area contributed by atoms with Gasteiger partial charge in [0.15, 0.2) is 0 Å². The predicted molar refractivity (Wildman–Crippen MR) is 75.8 cm³/mol. The van der Waals surface area contributed by atoms with E-state index >= 15 is 0 Å². The van der Waals surface area contributed by atoms with Crippen molar-refractivity contribution >= 4 is 17.6 Å². The van der Waals surface area contributed by atoms with Crippen molar-refractivity contribution in [1.29, 1.82) is 0 Å². The van der Waals surface area contributed by atoms with Crippen molar-refractivity contribution in [3.8, 4) is 0 Å². The van der Waals surface area contributed by atoms with Gasteiger partial charge in [0, 0.05) is 26.5 Å². The zero-order chi connectivity index (χ0) is 17.1. The van der Waals surface area contributed by atoms with E-state index in [2.05, 4.69) is 0 Å². The molecule has 0 amide bonds. The third-order valence-corrected chi connectivity index (χ3v) is 3.35. The van der Waals surface area contributed by atoms with Crippen molar-refractivity contribution in [3.05, 3.63) is 28.4 Å². The molecule has 8 nitrogen and oxygen atoms in total. The maximum Gasteiger partial charge on any atom is 0.303 e. The molecule has 9 heteroatoms. The number of nitrogens with two attached hydrogens (primary N) is 1. The van der Waals surface area contributed by atoms with Crippen LogP contribution in [0.25, 0.3) is 0 Å². The maximum absolute atomic E-state index is 13.6. The molecule has 0 spiro atoms. The van der Waals surface area contributed by atoms with Crippen molar-refractivity contribution in [2.24, 2.45) is 0 Å². The summed E-state index contributed by atoms with van der Waals surface area (Å²) in [4.78, 5) is 34.0. The average molecular weight is 328 g/mol. The Morgan fingerprint density at radius 1 is 1.43 bits per heavy atom. The summed E-state index contributed by atoms with van der Waals surface area (Å²) in [6.07, 6.45) is -0.911. The lowest BCUT2D eigenvalue weighted by atomic mass is 10.2. The van der Waals surface area contributed by atoms with Gasteiger partial charge in [-0.3, -0.25) is 19.0 Å². The SMILES string of the molecule is CC(=O)OC[C@H]1O[C@H](n2ccc(N)c(F)c2=O)C[C@@H]1OC(C)=O. The summed E-state index contributed by atoms with van der Waals surface area (Å²) < 4.78 is 30.2. The Hall–Kier alpha value is -2.42. The molecule has 1 aliphatic heterocycles. The Morgan fingerprint density at radius 2 is 2.13 bits per heavy atom. The second-order valence-corrected chi connectivity index (χ2v) is 5.11. The first-order valence-electron chi connectivity index (χ1n) is 6.91. The second kappa shape index (κ2) is 6.78. The minimum Gasteiger partial charge on any atom is -0.463 e. The third kappa shape index (κ3) is 3.86. The highest BCUT2D eigenvalue weighted by atomic mass is 19.1. The van der Waals surface area contributed by atoms with Crippen LogP contribution in [0.5, 0.6) is 0 Å². The van der Waals surface area contributed by atoms with Gasteiger partial charge in [-0.2, -0.15) is 4.39 Å². The van der Waals surface area contributed by atoms with Crippen LogP contribution in [0.1, 0.15) is 26.5 Å². The highest BCUT2D eigenvalue weighted by Gasteiger charge is 2.39. The van der Waals surface area contributed by atoms with Gasteiger partial charge >= 0.3 is 11.9 Å². The molecule has 0 saturated carbocycles. The monoisotopic (exact) mass is 328 g/mol. The number of pyridine rings is 1. The van der Waals surface area contributed by atoms with Crippen LogP contribution in [0, 0.1) is 5.82 Å². The highest BCUT2D eigenvalue weighted by molar-refractivity contribution is 5.66. The smallest absolute Gasteiger partial charge is 0.303 e. The van der Waals surface area contributed by atoms with Gasteiger partial charge in [-0.25, -0.2) is 0 Å². The van der Waals surface area contributed by atoms with Gasteiger partial charge < -0.3 is 19.9 Å². The quantitative estimate of drug-likeness (QED) is 0.794. The fourth-order valence-corrected chi connectivity index (χ4v) is 2.32. The summed E-state index contributed by atoms with van der Waals surface area (Å²) in [5.74, 6) is -2.14. The number of esters is 2. The number of nitrogen functional groups attached to an aromatic ring is 1. The topological polar surface area (TPSA) is 110 Å². The van der Waals surface area contributed by atoms with E-state index in [9.17, 15) is 18.8 Å². The Kier molecular flexibility index (Phi) is 4.99. The van der Waals surface area contributed by atoms with Crippen molar-refractivity contribution in [3.63, 3.8) is 0 Å². The van der Waals surface area contributed by atoms with E-state index in [1.807, 2.05) is 0 Å². The zero-order valence-corrected chi connectivity index (χ0v) is 12.7. The lowest BCUT2D eigenvalue weighted by Crippen LogP contribution is -2.31. The van der Waals surface area contributed by atoms with E-state index in [0.717, 1.165) is 4.57 Å². The third-order valence-electron chi connectivity index (χ3n) is 3.35. The molecule has 126 valence electrons. The number of hydrogen-bond acceptors (Lipinski definition) is 7. The van der Waals surface area contributed by atoms with Gasteiger partial charge in [-0.05, 0) is 6.07 Å². The highest BCUT2D eigenvalue weighted by Crippen LogP contribution is 2.30. The van der Waals surface area contributed by atoms with Gasteiger partial charge in [0.2, 0.25) is 5.82 Å². The number of hydrogen-bond donors (Lipinski definition) is 1. The molecule has 2 N–H and O–H groups in total. The molecule has 23 heavy (non-hydrogen) atoms. The van der Waals surface area contributed by atoms with Crippen LogP contribution >= 0.6 is 0 Å². The zero-order valence-electron chi connectivity index (χ0n) is 12.7. The van der Waals surface area contributed by atoms with Crippen molar-refractivity contribution < 1.29 is 28.2 Å². The molecule has 0 bridgehead atoms. The van der Waals surface area contributed by atoms with E-state index in [-0.39, 0.29) is 18.7 Å². The lowest BCUT2D eigenvalue weighted by molar-refractivity contribution is -0.155. The summed E-state index contributed by atoms with van der Waals surface area (Å²) in [6, 6.07) is 1.24. The molecule has 0 unspecified atom stereocenters. The number of nitrogens with zero attached hydrogens (tertiary/aromatic N) is 1. The number of carbonyl (C=O) groups is 2. The number of carbonyl (C=O) groups excluding carboxylic acids is 2. The molecule has 1 aliphatic rings. The Bertz CT molecular complexity index is 674. The van der Waals surface area contributed by atoms with E-state index in [0.29, 0.717) is 0 Å². The number of halogens is 1. The first-order valence-corrected chi connectivity index (χ1v) is 6.91. The Morgan fingerprint density at radius 3 is 2.74 bits per heavy atom. The fraction of sp³-hybridized carbons (Fsp3) is 0.500. The first kappa shape index (κ1) is 16.9. The molecule has 2 rings (SSSR count). The van der Waals surface area contributed by atoms with Gasteiger partial charge in [0.25, 0.3) is 5.56 Å². The van der Waals surface area contributed by atoms with Gasteiger partial charge in [0.1, 0.15) is 25.0 Å². The maximum atomic E-state index is 13.6. The number of ether oxygens (including phenoxy) is 3. The van der Waals surface area contributed by atoms with Crippen LogP contribution in [-0.2, 0) is 23.8 Å². The predicted octanol–water partition coefficient (Wildman–Crippen LogP) is 0.352. The Balaban J connectivity index is 2.21. The molecular weight excluding hydrogens is 311 g/mol. The van der Waals surface area contributed by atoms with Crippen LogP contribution in [0.15, 0.2) is 17.1 Å². The standard InChI is InChI=1S/C14H17FN2O6/c1-7(18)21-6-11-10(22-8(2)19)5-12(23-11)17-4-3-9(16)13(15)14(17)20/h3-4,10-12H,5-6,16H2,1-2H3/t10-,11+,12-/m0/s1. The van der Waals surface area contributed by atoms with E-state index in [1.54, 1.807) is 0 Å². The van der Waals surface area contributed by atoms with E-state index in [1.165, 1.54) is 26.1 Å². The molecule has 1 aromatic rings. The van der Waals surface area contributed by atoms with Crippen LogP contribution in [0.3, 0.4) is 0 Å². The minimum absolute atomic E-state index is 0.120. The van der Waals surface area contributed by atoms with Crippen LogP contribution in [0.4, 0.5) is 10.1 Å². The van der Waals surface area contributed by atoms with Crippen molar-refractivity contribution in [1.82, 2.24) is 4.57 Å². The molecule has 1 fully saturated rings.